The van der Waals surface area contributed by atoms with Crippen molar-refractivity contribution in [1.29, 1.82) is 0 Å². The largest absolute Gasteiger partial charge is 0.573 e. The minimum absolute atomic E-state index is 0.137. The van der Waals surface area contributed by atoms with E-state index in [1.54, 1.807) is 0 Å². The Bertz CT molecular complexity index is 641. The Morgan fingerprint density at radius 3 is 1.96 bits per heavy atom. The van der Waals surface area contributed by atoms with Crippen LogP contribution in [0.5, 0.6) is 5.75 Å². The molecule has 2 saturated carbocycles. The molecule has 0 spiro atoms. The Hall–Kier alpha value is -1.33. The van der Waals surface area contributed by atoms with Crippen molar-refractivity contribution < 1.29 is 26.7 Å². The van der Waals surface area contributed by atoms with Crippen LogP contribution in [-0.2, 0) is 0 Å². The number of benzene rings is 1. The SMILES string of the molecule is CCCC1CCC(C2CCC(c3ccc(OC(F)(F)F)c(F)c3F)CC2)CC1. The molecule has 2 aliphatic carbocycles. The first kappa shape index (κ1) is 21.4. The summed E-state index contributed by atoms with van der Waals surface area (Å²) in [7, 11) is 0. The van der Waals surface area contributed by atoms with Crippen molar-refractivity contribution in [3.8, 4) is 5.75 Å². The quantitative estimate of drug-likeness (QED) is 0.456. The van der Waals surface area contributed by atoms with Gasteiger partial charge in [-0.05, 0) is 73.8 Å². The van der Waals surface area contributed by atoms with E-state index in [0.717, 1.165) is 43.6 Å². The lowest BCUT2D eigenvalue weighted by Crippen LogP contribution is -2.25. The number of hydrogen-bond donors (Lipinski definition) is 0. The van der Waals surface area contributed by atoms with E-state index in [1.807, 2.05) is 0 Å². The predicted molar refractivity (Wildman–Crippen MR) is 98.1 cm³/mol. The van der Waals surface area contributed by atoms with Gasteiger partial charge in [-0.1, -0.05) is 38.7 Å². The Kier molecular flexibility index (Phi) is 6.87. The van der Waals surface area contributed by atoms with Crippen LogP contribution in [0.15, 0.2) is 12.1 Å². The number of ether oxygens (including phenoxy) is 1. The van der Waals surface area contributed by atoms with E-state index in [4.69, 9.17) is 0 Å². The zero-order valence-corrected chi connectivity index (χ0v) is 16.3. The highest BCUT2D eigenvalue weighted by atomic mass is 19.4. The topological polar surface area (TPSA) is 9.23 Å². The smallest absolute Gasteiger partial charge is 0.403 e. The van der Waals surface area contributed by atoms with Crippen molar-refractivity contribution in [3.05, 3.63) is 29.3 Å². The molecule has 0 atom stereocenters. The fourth-order valence-corrected chi connectivity index (χ4v) is 5.32. The third-order valence-corrected chi connectivity index (χ3v) is 6.77. The van der Waals surface area contributed by atoms with Gasteiger partial charge in [0.05, 0.1) is 0 Å². The average Bonchev–Trinajstić information content (AvgIpc) is 2.66. The summed E-state index contributed by atoms with van der Waals surface area (Å²) in [6.07, 6.45) is 6.16. The molecule has 158 valence electrons. The van der Waals surface area contributed by atoms with Gasteiger partial charge in [-0.3, -0.25) is 0 Å². The number of halogens is 5. The molecular formula is C22H29F5O. The summed E-state index contributed by atoms with van der Waals surface area (Å²) >= 11 is 0. The van der Waals surface area contributed by atoms with Crippen LogP contribution in [-0.4, -0.2) is 6.36 Å². The monoisotopic (exact) mass is 404 g/mol. The maximum Gasteiger partial charge on any atom is 0.573 e. The minimum atomic E-state index is -5.04. The van der Waals surface area contributed by atoms with Gasteiger partial charge < -0.3 is 4.74 Å². The molecule has 6 heteroatoms. The highest BCUT2D eigenvalue weighted by Gasteiger charge is 2.35. The molecule has 2 aliphatic rings. The fourth-order valence-electron chi connectivity index (χ4n) is 5.32. The van der Waals surface area contributed by atoms with Gasteiger partial charge in [0.25, 0.3) is 0 Å². The molecule has 0 saturated heterocycles. The van der Waals surface area contributed by atoms with Gasteiger partial charge in [-0.15, -0.1) is 13.2 Å². The van der Waals surface area contributed by atoms with E-state index in [2.05, 4.69) is 11.7 Å². The molecule has 0 amide bonds. The Balaban J connectivity index is 1.57. The van der Waals surface area contributed by atoms with Gasteiger partial charge in [-0.25, -0.2) is 4.39 Å². The van der Waals surface area contributed by atoms with Crippen LogP contribution < -0.4 is 4.74 Å². The summed E-state index contributed by atoms with van der Waals surface area (Å²) in [6.45, 7) is 2.23. The lowest BCUT2D eigenvalue weighted by Gasteiger charge is -2.38. The van der Waals surface area contributed by atoms with Crippen LogP contribution in [0.2, 0.25) is 0 Å². The third-order valence-electron chi connectivity index (χ3n) is 6.77. The lowest BCUT2D eigenvalue weighted by molar-refractivity contribution is -0.275. The van der Waals surface area contributed by atoms with Crippen LogP contribution >= 0.6 is 0 Å². The second-order valence-electron chi connectivity index (χ2n) is 8.51. The summed E-state index contributed by atoms with van der Waals surface area (Å²) in [6, 6.07) is 2.14. The molecule has 28 heavy (non-hydrogen) atoms. The number of alkyl halides is 3. The predicted octanol–water partition coefficient (Wildman–Crippen LogP) is 7.74. The molecular weight excluding hydrogens is 375 g/mol. The van der Waals surface area contributed by atoms with Crippen molar-refractivity contribution in [2.24, 2.45) is 17.8 Å². The first-order valence-corrected chi connectivity index (χ1v) is 10.5. The van der Waals surface area contributed by atoms with Crippen molar-refractivity contribution in [3.63, 3.8) is 0 Å². The van der Waals surface area contributed by atoms with Crippen LogP contribution in [0, 0.1) is 29.4 Å². The van der Waals surface area contributed by atoms with E-state index in [9.17, 15) is 22.0 Å². The van der Waals surface area contributed by atoms with Gasteiger partial charge >= 0.3 is 6.36 Å². The first-order valence-electron chi connectivity index (χ1n) is 10.5. The van der Waals surface area contributed by atoms with Gasteiger partial charge in [0.15, 0.2) is 11.6 Å². The molecule has 3 rings (SSSR count). The molecule has 0 aromatic heterocycles. The van der Waals surface area contributed by atoms with Gasteiger partial charge in [0.2, 0.25) is 5.82 Å². The van der Waals surface area contributed by atoms with E-state index in [-0.39, 0.29) is 11.5 Å². The molecule has 1 nitrogen and oxygen atoms in total. The van der Waals surface area contributed by atoms with Crippen LogP contribution in [0.1, 0.15) is 82.6 Å². The molecule has 0 N–H and O–H groups in total. The van der Waals surface area contributed by atoms with E-state index < -0.39 is 23.7 Å². The fraction of sp³-hybridized carbons (Fsp3) is 0.727. The zero-order chi connectivity index (χ0) is 20.3. The average molecular weight is 404 g/mol. The Labute approximate surface area is 163 Å². The van der Waals surface area contributed by atoms with Crippen LogP contribution in [0.4, 0.5) is 22.0 Å². The molecule has 0 bridgehead atoms. The van der Waals surface area contributed by atoms with Crippen molar-refractivity contribution in [1.82, 2.24) is 0 Å². The van der Waals surface area contributed by atoms with Crippen LogP contribution in [0.3, 0.4) is 0 Å². The molecule has 0 radical (unpaired) electrons. The van der Waals surface area contributed by atoms with E-state index in [0.29, 0.717) is 5.92 Å². The summed E-state index contributed by atoms with van der Waals surface area (Å²) in [5, 5.41) is 0. The maximum atomic E-state index is 14.4. The van der Waals surface area contributed by atoms with E-state index >= 15 is 0 Å². The van der Waals surface area contributed by atoms with Gasteiger partial charge in [0, 0.05) is 0 Å². The second-order valence-corrected chi connectivity index (χ2v) is 8.51. The van der Waals surface area contributed by atoms with Crippen molar-refractivity contribution >= 4 is 0 Å². The molecule has 0 heterocycles. The molecule has 0 aliphatic heterocycles. The standard InChI is InChI=1S/C22H29F5O/c1-2-3-14-4-6-15(7-5-14)16-8-10-17(11-9-16)18-12-13-19(21(24)20(18)23)28-22(25,26)27/h12-17H,2-11H2,1H3. The summed E-state index contributed by atoms with van der Waals surface area (Å²) < 4.78 is 68.8. The highest BCUT2D eigenvalue weighted by Crippen LogP contribution is 2.45. The second kappa shape index (κ2) is 9.00. The molecule has 1 aromatic rings. The summed E-state index contributed by atoms with van der Waals surface area (Å²) in [4.78, 5) is 0. The maximum absolute atomic E-state index is 14.4. The summed E-state index contributed by atoms with van der Waals surface area (Å²) in [5.74, 6) is -1.75. The van der Waals surface area contributed by atoms with Gasteiger partial charge in [0.1, 0.15) is 0 Å². The Morgan fingerprint density at radius 1 is 0.857 bits per heavy atom. The summed E-state index contributed by atoms with van der Waals surface area (Å²) in [5.41, 5.74) is 0.178. The highest BCUT2D eigenvalue weighted by molar-refractivity contribution is 5.33. The number of hydrogen-bond acceptors (Lipinski definition) is 1. The first-order chi connectivity index (χ1) is 13.3. The molecule has 0 unspecified atom stereocenters. The molecule has 1 aromatic carbocycles. The minimum Gasteiger partial charge on any atom is -0.403 e. The zero-order valence-electron chi connectivity index (χ0n) is 16.3. The van der Waals surface area contributed by atoms with E-state index in [1.165, 1.54) is 44.6 Å². The Morgan fingerprint density at radius 2 is 1.43 bits per heavy atom. The van der Waals surface area contributed by atoms with Crippen molar-refractivity contribution in [2.45, 2.75) is 83.4 Å². The normalized spacial score (nSPS) is 28.9. The number of rotatable bonds is 5. The lowest BCUT2D eigenvalue weighted by atomic mass is 9.68. The third kappa shape index (κ3) is 5.18. The van der Waals surface area contributed by atoms with Crippen LogP contribution in [0.25, 0.3) is 0 Å². The van der Waals surface area contributed by atoms with Gasteiger partial charge in [-0.2, -0.15) is 4.39 Å². The van der Waals surface area contributed by atoms with Crippen molar-refractivity contribution in [2.75, 3.05) is 0 Å². The molecule has 2 fully saturated rings.